The smallest absolute Gasteiger partial charge is 0.243 e. The molecule has 1 aliphatic heterocycles. The van der Waals surface area contributed by atoms with Crippen molar-refractivity contribution in [1.29, 1.82) is 0 Å². The number of hydrogen-bond donors (Lipinski definition) is 1. The Morgan fingerprint density at radius 3 is 2.31 bits per heavy atom. The molecule has 1 aromatic heterocycles. The van der Waals surface area contributed by atoms with Gasteiger partial charge < -0.3 is 10.1 Å². The van der Waals surface area contributed by atoms with Crippen molar-refractivity contribution in [3.8, 4) is 5.75 Å². The minimum atomic E-state index is -3.58. The third kappa shape index (κ3) is 6.21. The lowest BCUT2D eigenvalue weighted by Crippen LogP contribution is -2.49. The van der Waals surface area contributed by atoms with Crippen LogP contribution in [0.5, 0.6) is 5.75 Å². The van der Waals surface area contributed by atoms with Gasteiger partial charge >= 0.3 is 0 Å². The second-order valence-electron chi connectivity index (χ2n) is 9.73. The van der Waals surface area contributed by atoms with Gasteiger partial charge in [-0.1, -0.05) is 43.7 Å². The Labute approximate surface area is 230 Å². The van der Waals surface area contributed by atoms with Crippen molar-refractivity contribution >= 4 is 32.4 Å². The van der Waals surface area contributed by atoms with Gasteiger partial charge in [0, 0.05) is 37.3 Å². The van der Waals surface area contributed by atoms with Crippen LogP contribution in [0.4, 0.5) is 11.5 Å². The molecule has 9 heteroatoms. The van der Waals surface area contributed by atoms with E-state index in [1.54, 1.807) is 28.6 Å². The fraction of sp³-hybridized carbons (Fsp3) is 0.333. The molecule has 0 amide bonds. The van der Waals surface area contributed by atoms with Crippen molar-refractivity contribution < 1.29 is 13.2 Å². The van der Waals surface area contributed by atoms with Gasteiger partial charge in [0.15, 0.2) is 0 Å². The predicted molar refractivity (Wildman–Crippen MR) is 155 cm³/mol. The zero-order chi connectivity index (χ0) is 27.2. The van der Waals surface area contributed by atoms with Crippen molar-refractivity contribution in [2.24, 2.45) is 0 Å². The van der Waals surface area contributed by atoms with Gasteiger partial charge in [-0.2, -0.15) is 4.31 Å². The van der Waals surface area contributed by atoms with Crippen LogP contribution >= 0.6 is 0 Å². The second kappa shape index (κ2) is 12.1. The largest absolute Gasteiger partial charge is 0.494 e. The first-order valence-corrected chi connectivity index (χ1v) is 15.0. The SMILES string of the molecule is CCCCOc1ccc(S(=O)(=O)N2CCN([C@@H](C)c3nc(Nc4ccccc4)c4ccccc4n3)CC2)cc1. The number of piperazine rings is 1. The third-order valence-electron chi connectivity index (χ3n) is 7.08. The second-order valence-corrected chi connectivity index (χ2v) is 11.7. The van der Waals surface area contributed by atoms with E-state index in [9.17, 15) is 8.42 Å². The zero-order valence-corrected chi connectivity index (χ0v) is 23.3. The summed E-state index contributed by atoms with van der Waals surface area (Å²) in [5, 5.41) is 4.40. The van der Waals surface area contributed by atoms with Crippen molar-refractivity contribution in [2.45, 2.75) is 37.6 Å². The van der Waals surface area contributed by atoms with E-state index in [0.29, 0.717) is 49.3 Å². The fourth-order valence-corrected chi connectivity index (χ4v) is 6.14. The molecule has 1 atom stereocenters. The number of hydrogen-bond acceptors (Lipinski definition) is 7. The van der Waals surface area contributed by atoms with E-state index < -0.39 is 10.0 Å². The molecule has 1 saturated heterocycles. The van der Waals surface area contributed by atoms with Crippen LogP contribution in [0.15, 0.2) is 83.8 Å². The molecule has 0 aliphatic carbocycles. The lowest BCUT2D eigenvalue weighted by Gasteiger charge is -2.36. The van der Waals surface area contributed by atoms with Crippen LogP contribution in [-0.4, -0.2) is 60.4 Å². The normalized spacial score (nSPS) is 15.7. The number of ether oxygens (including phenoxy) is 1. The highest BCUT2D eigenvalue weighted by molar-refractivity contribution is 7.89. The summed E-state index contributed by atoms with van der Waals surface area (Å²) in [4.78, 5) is 12.3. The zero-order valence-electron chi connectivity index (χ0n) is 22.5. The molecule has 2 heterocycles. The number of unbranched alkanes of at least 4 members (excludes halogenated alkanes) is 1. The van der Waals surface area contributed by atoms with Crippen LogP contribution in [0.1, 0.15) is 38.6 Å². The fourth-order valence-electron chi connectivity index (χ4n) is 4.72. The lowest BCUT2D eigenvalue weighted by molar-refractivity contribution is 0.141. The summed E-state index contributed by atoms with van der Waals surface area (Å²) < 4.78 is 33.8. The first-order valence-electron chi connectivity index (χ1n) is 13.5. The Balaban J connectivity index is 1.28. The van der Waals surface area contributed by atoms with Crippen LogP contribution in [0.3, 0.4) is 0 Å². The van der Waals surface area contributed by atoms with E-state index in [0.717, 1.165) is 35.2 Å². The maximum absolute atomic E-state index is 13.3. The van der Waals surface area contributed by atoms with Crippen LogP contribution in [-0.2, 0) is 10.0 Å². The van der Waals surface area contributed by atoms with Crippen molar-refractivity contribution in [3.63, 3.8) is 0 Å². The highest BCUT2D eigenvalue weighted by Crippen LogP contribution is 2.28. The maximum Gasteiger partial charge on any atom is 0.243 e. The first kappa shape index (κ1) is 27.1. The number of para-hydroxylation sites is 2. The molecule has 39 heavy (non-hydrogen) atoms. The topological polar surface area (TPSA) is 87.7 Å². The molecule has 1 N–H and O–H groups in total. The average molecular weight is 546 g/mol. The first-order chi connectivity index (χ1) is 19.0. The summed E-state index contributed by atoms with van der Waals surface area (Å²) in [7, 11) is -3.58. The van der Waals surface area contributed by atoms with Crippen LogP contribution < -0.4 is 10.1 Å². The Kier molecular flexibility index (Phi) is 8.40. The van der Waals surface area contributed by atoms with Gasteiger partial charge in [-0.15, -0.1) is 0 Å². The molecule has 0 unspecified atom stereocenters. The van der Waals surface area contributed by atoms with Crippen molar-refractivity contribution in [3.05, 3.63) is 84.7 Å². The summed E-state index contributed by atoms with van der Waals surface area (Å²) in [6.45, 7) is 6.82. The summed E-state index contributed by atoms with van der Waals surface area (Å²) in [6, 6.07) is 24.6. The predicted octanol–water partition coefficient (Wildman–Crippen LogP) is 5.62. The number of nitrogens with one attached hydrogen (secondary N) is 1. The number of fused-ring (bicyclic) bond motifs is 1. The lowest BCUT2D eigenvalue weighted by atomic mass is 10.2. The van der Waals surface area contributed by atoms with Crippen LogP contribution in [0, 0.1) is 0 Å². The average Bonchev–Trinajstić information content (AvgIpc) is 2.98. The molecular formula is C30H35N5O3S. The molecule has 0 bridgehead atoms. The monoisotopic (exact) mass is 545 g/mol. The number of benzene rings is 3. The number of sulfonamides is 1. The van der Waals surface area contributed by atoms with E-state index in [1.165, 1.54) is 0 Å². The molecule has 204 valence electrons. The number of rotatable bonds is 10. The molecule has 8 nitrogen and oxygen atoms in total. The van der Waals surface area contributed by atoms with Gasteiger partial charge in [-0.25, -0.2) is 18.4 Å². The molecule has 3 aromatic carbocycles. The summed E-state index contributed by atoms with van der Waals surface area (Å²) in [5.74, 6) is 2.16. The van der Waals surface area contributed by atoms with Crippen LogP contribution in [0.25, 0.3) is 10.9 Å². The summed E-state index contributed by atoms with van der Waals surface area (Å²) in [5.41, 5.74) is 1.83. The van der Waals surface area contributed by atoms with E-state index in [4.69, 9.17) is 14.7 Å². The van der Waals surface area contributed by atoms with Crippen LogP contribution in [0.2, 0.25) is 0 Å². The van der Waals surface area contributed by atoms with Gasteiger partial charge in [0.1, 0.15) is 17.4 Å². The van der Waals surface area contributed by atoms with Gasteiger partial charge in [0.2, 0.25) is 10.0 Å². The quantitative estimate of drug-likeness (QED) is 0.259. The Bertz CT molecular complexity index is 1490. The molecule has 1 fully saturated rings. The third-order valence-corrected chi connectivity index (χ3v) is 8.99. The van der Waals surface area contributed by atoms with Gasteiger partial charge in [0.05, 0.1) is 23.1 Å². The van der Waals surface area contributed by atoms with Gasteiger partial charge in [-0.05, 0) is 61.9 Å². The number of anilines is 2. The highest BCUT2D eigenvalue weighted by Gasteiger charge is 2.31. The molecule has 1 aliphatic rings. The van der Waals surface area contributed by atoms with E-state index in [-0.39, 0.29) is 6.04 Å². The van der Waals surface area contributed by atoms with E-state index in [2.05, 4.69) is 24.1 Å². The minimum absolute atomic E-state index is 0.0738. The Morgan fingerprint density at radius 1 is 0.897 bits per heavy atom. The van der Waals surface area contributed by atoms with E-state index in [1.807, 2.05) is 54.6 Å². The molecule has 5 rings (SSSR count). The molecule has 0 saturated carbocycles. The van der Waals surface area contributed by atoms with Gasteiger partial charge in [0.25, 0.3) is 0 Å². The molecule has 0 spiro atoms. The Hall–Kier alpha value is -3.53. The van der Waals surface area contributed by atoms with Gasteiger partial charge in [-0.3, -0.25) is 4.90 Å². The van der Waals surface area contributed by atoms with Crippen molar-refractivity contribution in [2.75, 3.05) is 38.1 Å². The summed E-state index contributed by atoms with van der Waals surface area (Å²) >= 11 is 0. The van der Waals surface area contributed by atoms with Crippen molar-refractivity contribution in [1.82, 2.24) is 19.2 Å². The number of aromatic nitrogens is 2. The number of nitrogens with zero attached hydrogens (tertiary/aromatic N) is 4. The minimum Gasteiger partial charge on any atom is -0.494 e. The molecule has 4 aromatic rings. The molecular weight excluding hydrogens is 510 g/mol. The highest BCUT2D eigenvalue weighted by atomic mass is 32.2. The Morgan fingerprint density at radius 2 is 1.59 bits per heavy atom. The summed E-state index contributed by atoms with van der Waals surface area (Å²) in [6.07, 6.45) is 2.02. The maximum atomic E-state index is 13.3. The molecule has 0 radical (unpaired) electrons. The standard InChI is InChI=1S/C30H35N5O3S/c1-3-4-22-38-25-14-16-26(17-15-25)39(36,37)35-20-18-34(19-21-35)23(2)29-32-28-13-9-8-12-27(28)30(33-29)31-24-10-6-5-7-11-24/h5-17,23H,3-4,18-22H2,1-2H3,(H,31,32,33)/t23-/m0/s1. The van der Waals surface area contributed by atoms with E-state index >= 15 is 0 Å².